The number of halogens is 5. The highest BCUT2D eigenvalue weighted by molar-refractivity contribution is 5.64. The number of hydrogen-bond donors (Lipinski definition) is 0. The molecule has 2 aromatic rings. The first-order chi connectivity index (χ1) is 15.2. The van der Waals surface area contributed by atoms with E-state index in [9.17, 15) is 22.0 Å². The third kappa shape index (κ3) is 6.18. The lowest BCUT2D eigenvalue weighted by Crippen LogP contribution is -2.17. The summed E-state index contributed by atoms with van der Waals surface area (Å²) in [5.74, 6) is -0.550. The molecule has 1 aliphatic carbocycles. The van der Waals surface area contributed by atoms with E-state index in [2.05, 4.69) is 0 Å². The van der Waals surface area contributed by atoms with Crippen LogP contribution in [-0.4, -0.2) is 13.7 Å². The fraction of sp³-hybridized carbons (Fsp3) is 0.462. The number of benzene rings is 2. The van der Waals surface area contributed by atoms with Crippen LogP contribution in [-0.2, 0) is 17.3 Å². The van der Waals surface area contributed by atoms with Crippen molar-refractivity contribution >= 4 is 5.57 Å². The Hall–Kier alpha value is -2.21. The van der Waals surface area contributed by atoms with E-state index in [0.29, 0.717) is 41.4 Å². The van der Waals surface area contributed by atoms with E-state index in [-0.39, 0.29) is 5.82 Å². The third-order valence-corrected chi connectivity index (χ3v) is 6.39. The molecular weight excluding hydrogens is 423 g/mol. The number of alkyl halides is 3. The van der Waals surface area contributed by atoms with Gasteiger partial charge in [-0.05, 0) is 97.7 Å². The fourth-order valence-corrected chi connectivity index (χ4v) is 4.47. The Morgan fingerprint density at radius 3 is 2.31 bits per heavy atom. The maximum Gasteiger partial charge on any atom is 0.419 e. The van der Waals surface area contributed by atoms with Crippen LogP contribution in [0.3, 0.4) is 0 Å². The molecule has 1 saturated carbocycles. The van der Waals surface area contributed by atoms with Gasteiger partial charge in [-0.1, -0.05) is 24.3 Å². The van der Waals surface area contributed by atoms with Gasteiger partial charge in [-0.25, -0.2) is 8.78 Å². The largest absolute Gasteiger partial charge is 0.419 e. The first kappa shape index (κ1) is 24.4. The van der Waals surface area contributed by atoms with Gasteiger partial charge in [0.25, 0.3) is 0 Å². The molecule has 32 heavy (non-hydrogen) atoms. The Kier molecular flexibility index (Phi) is 8.10. The minimum atomic E-state index is -4.72. The van der Waals surface area contributed by atoms with E-state index in [1.54, 1.807) is 26.2 Å². The molecule has 2 aromatic carbocycles. The zero-order valence-electron chi connectivity index (χ0n) is 18.4. The summed E-state index contributed by atoms with van der Waals surface area (Å²) in [5.41, 5.74) is 1.40. The molecule has 0 saturated heterocycles. The van der Waals surface area contributed by atoms with Crippen LogP contribution in [0.5, 0.6) is 0 Å². The van der Waals surface area contributed by atoms with Crippen molar-refractivity contribution in [3.05, 3.63) is 76.4 Å². The molecule has 0 amide bonds. The summed E-state index contributed by atoms with van der Waals surface area (Å²) < 4.78 is 71.8. The molecule has 174 valence electrons. The molecule has 0 aromatic heterocycles. The van der Waals surface area contributed by atoms with Crippen molar-refractivity contribution in [3.63, 3.8) is 0 Å². The molecule has 0 unspecified atom stereocenters. The molecule has 0 radical (unpaired) electrons. The zero-order chi connectivity index (χ0) is 23.3. The van der Waals surface area contributed by atoms with E-state index >= 15 is 0 Å². The molecule has 6 heteroatoms. The molecule has 0 atom stereocenters. The Balaban J connectivity index is 1.59. The number of methoxy groups -OCH3 is 1. The second-order valence-corrected chi connectivity index (χ2v) is 8.64. The Bertz CT molecular complexity index is 940. The molecule has 1 aliphatic rings. The van der Waals surface area contributed by atoms with Crippen molar-refractivity contribution in [2.75, 3.05) is 13.7 Å². The Labute approximate surface area is 186 Å². The van der Waals surface area contributed by atoms with Gasteiger partial charge in [-0.15, -0.1) is 0 Å². The van der Waals surface area contributed by atoms with Crippen LogP contribution in [0.15, 0.2) is 42.5 Å². The first-order valence-electron chi connectivity index (χ1n) is 11.0. The number of hydrogen-bond acceptors (Lipinski definition) is 1. The van der Waals surface area contributed by atoms with Gasteiger partial charge in [0.2, 0.25) is 0 Å². The molecule has 0 spiro atoms. The molecule has 0 aliphatic heterocycles. The standard InChI is InChI=1S/C26H29F5O/c1-17(21-12-13-23(25(28)14-21)26(29,30)31)4-3-5-20-10-11-22(15-24(20)27)19-8-6-18(7-9-19)16-32-2/h4,10-15,18-19H,3,5-9,16H2,1-2H3. The van der Waals surface area contributed by atoms with Crippen molar-refractivity contribution in [2.45, 2.75) is 57.5 Å². The van der Waals surface area contributed by atoms with Crippen LogP contribution < -0.4 is 0 Å². The van der Waals surface area contributed by atoms with Crippen molar-refractivity contribution in [3.8, 4) is 0 Å². The molecule has 1 nitrogen and oxygen atoms in total. The monoisotopic (exact) mass is 452 g/mol. The average molecular weight is 453 g/mol. The maximum absolute atomic E-state index is 14.7. The Morgan fingerprint density at radius 2 is 1.72 bits per heavy atom. The van der Waals surface area contributed by atoms with Crippen molar-refractivity contribution in [2.24, 2.45) is 5.92 Å². The predicted molar refractivity (Wildman–Crippen MR) is 116 cm³/mol. The maximum atomic E-state index is 14.7. The van der Waals surface area contributed by atoms with Crippen LogP contribution in [0, 0.1) is 17.6 Å². The number of ether oxygens (including phenoxy) is 1. The van der Waals surface area contributed by atoms with Gasteiger partial charge in [0.1, 0.15) is 11.6 Å². The summed E-state index contributed by atoms with van der Waals surface area (Å²) >= 11 is 0. The molecule has 3 rings (SSSR count). The summed E-state index contributed by atoms with van der Waals surface area (Å²) in [6.45, 7) is 2.49. The average Bonchev–Trinajstić information content (AvgIpc) is 2.74. The van der Waals surface area contributed by atoms with E-state index in [1.807, 2.05) is 12.1 Å². The van der Waals surface area contributed by atoms with Crippen molar-refractivity contribution in [1.29, 1.82) is 0 Å². The van der Waals surface area contributed by atoms with Gasteiger partial charge < -0.3 is 4.74 Å². The number of allylic oxidation sites excluding steroid dienone is 2. The molecular formula is C26H29F5O. The van der Waals surface area contributed by atoms with Crippen molar-refractivity contribution < 1.29 is 26.7 Å². The van der Waals surface area contributed by atoms with E-state index in [4.69, 9.17) is 4.74 Å². The smallest absolute Gasteiger partial charge is 0.384 e. The van der Waals surface area contributed by atoms with Gasteiger partial charge in [0.05, 0.1) is 5.56 Å². The highest BCUT2D eigenvalue weighted by atomic mass is 19.4. The van der Waals surface area contributed by atoms with Gasteiger partial charge in [0.15, 0.2) is 0 Å². The zero-order valence-corrected chi connectivity index (χ0v) is 18.4. The van der Waals surface area contributed by atoms with E-state index < -0.39 is 17.6 Å². The molecule has 1 fully saturated rings. The summed E-state index contributed by atoms with van der Waals surface area (Å²) in [4.78, 5) is 0. The van der Waals surface area contributed by atoms with E-state index in [1.165, 1.54) is 6.07 Å². The fourth-order valence-electron chi connectivity index (χ4n) is 4.47. The predicted octanol–water partition coefficient (Wildman–Crippen LogP) is 7.94. The summed E-state index contributed by atoms with van der Waals surface area (Å²) in [5, 5.41) is 0. The minimum Gasteiger partial charge on any atom is -0.384 e. The van der Waals surface area contributed by atoms with Crippen molar-refractivity contribution in [1.82, 2.24) is 0 Å². The summed E-state index contributed by atoms with van der Waals surface area (Å²) in [7, 11) is 1.72. The van der Waals surface area contributed by atoms with Gasteiger partial charge in [0, 0.05) is 13.7 Å². The SMILES string of the molecule is COCC1CCC(c2ccc(CCC=C(C)c3ccc(C(F)(F)F)c(F)c3)c(F)c2)CC1. The lowest BCUT2D eigenvalue weighted by atomic mass is 9.79. The number of rotatable bonds is 7. The normalized spacial score (nSPS) is 19.9. The van der Waals surface area contributed by atoms with E-state index in [0.717, 1.165) is 50.0 Å². The van der Waals surface area contributed by atoms with Crippen LogP contribution in [0.2, 0.25) is 0 Å². The third-order valence-electron chi connectivity index (χ3n) is 6.39. The van der Waals surface area contributed by atoms with Gasteiger partial charge >= 0.3 is 6.18 Å². The molecule has 0 N–H and O–H groups in total. The lowest BCUT2D eigenvalue weighted by Gasteiger charge is -2.28. The topological polar surface area (TPSA) is 9.23 Å². The minimum absolute atomic E-state index is 0.229. The quantitative estimate of drug-likeness (QED) is 0.388. The second-order valence-electron chi connectivity index (χ2n) is 8.64. The summed E-state index contributed by atoms with van der Waals surface area (Å²) in [6.07, 6.45) is 2.32. The summed E-state index contributed by atoms with van der Waals surface area (Å²) in [6, 6.07) is 8.37. The van der Waals surface area contributed by atoms with Crippen LogP contribution >= 0.6 is 0 Å². The highest BCUT2D eigenvalue weighted by Gasteiger charge is 2.33. The number of aryl methyl sites for hydroxylation is 1. The molecule has 0 bridgehead atoms. The second kappa shape index (κ2) is 10.6. The first-order valence-corrected chi connectivity index (χ1v) is 11.0. The van der Waals surface area contributed by atoms with Gasteiger partial charge in [-0.3, -0.25) is 0 Å². The van der Waals surface area contributed by atoms with Crippen LogP contribution in [0.1, 0.15) is 67.2 Å². The molecule has 0 heterocycles. The van der Waals surface area contributed by atoms with Gasteiger partial charge in [-0.2, -0.15) is 13.2 Å². The lowest BCUT2D eigenvalue weighted by molar-refractivity contribution is -0.140. The van der Waals surface area contributed by atoms with Crippen LogP contribution in [0.25, 0.3) is 5.57 Å². The highest BCUT2D eigenvalue weighted by Crippen LogP contribution is 2.36. The van der Waals surface area contributed by atoms with Crippen LogP contribution in [0.4, 0.5) is 22.0 Å². The Morgan fingerprint density at radius 1 is 1.00 bits per heavy atom.